The van der Waals surface area contributed by atoms with Crippen molar-refractivity contribution < 1.29 is 0 Å². The Morgan fingerprint density at radius 2 is 1.17 bits per heavy atom. The summed E-state index contributed by atoms with van der Waals surface area (Å²) in [6, 6.07) is 29.2. The van der Waals surface area contributed by atoms with Gasteiger partial charge in [0.15, 0.2) is 0 Å². The second kappa shape index (κ2) is 6.46. The third-order valence-electron chi connectivity index (χ3n) is 3.99. The monoisotopic (exact) mass is 374 g/mol. The average molecular weight is 375 g/mol. The van der Waals surface area contributed by atoms with Gasteiger partial charge in [-0.25, -0.2) is 4.68 Å². The van der Waals surface area contributed by atoms with Crippen molar-refractivity contribution in [2.45, 2.75) is 0 Å². The smallest absolute Gasteiger partial charge is 0.0883 e. The van der Waals surface area contributed by atoms with E-state index in [0.717, 1.165) is 21.4 Å². The van der Waals surface area contributed by atoms with E-state index in [1.54, 1.807) is 0 Å². The molecule has 0 radical (unpaired) electrons. The predicted octanol–water partition coefficient (Wildman–Crippen LogP) is 5.97. The molecule has 4 rings (SSSR count). The molecule has 116 valence electrons. The Morgan fingerprint density at radius 3 is 1.83 bits per heavy atom. The minimum absolute atomic E-state index is 0.985. The molecule has 0 atom stereocenters. The molecule has 3 heteroatoms. The van der Waals surface area contributed by atoms with E-state index in [9.17, 15) is 0 Å². The number of halogens is 1. The molecule has 2 nitrogen and oxygen atoms in total. The SMILES string of the molecule is Brc1cnn(-c2ccccc2)c1-c1ccc(-c2ccccc2)cc1. The molecule has 1 aromatic heterocycles. The molecule has 0 saturated heterocycles. The van der Waals surface area contributed by atoms with Crippen molar-refractivity contribution in [2.24, 2.45) is 0 Å². The van der Waals surface area contributed by atoms with Gasteiger partial charge in [0.1, 0.15) is 0 Å². The number of hydrogen-bond donors (Lipinski definition) is 0. The molecule has 0 saturated carbocycles. The van der Waals surface area contributed by atoms with Crippen molar-refractivity contribution in [3.8, 4) is 28.1 Å². The standard InChI is InChI=1S/C21H15BrN2/c22-20-15-23-24(19-9-5-2-6-10-19)21(20)18-13-11-17(12-14-18)16-7-3-1-4-8-16/h1-15H. The summed E-state index contributed by atoms with van der Waals surface area (Å²) in [5.41, 5.74) is 5.66. The van der Waals surface area contributed by atoms with E-state index < -0.39 is 0 Å². The van der Waals surface area contributed by atoms with Crippen LogP contribution in [0.1, 0.15) is 0 Å². The van der Waals surface area contributed by atoms with Crippen molar-refractivity contribution in [3.05, 3.63) is 95.6 Å². The second-order valence-electron chi connectivity index (χ2n) is 5.53. The highest BCUT2D eigenvalue weighted by Crippen LogP contribution is 2.31. The molecule has 0 amide bonds. The van der Waals surface area contributed by atoms with Gasteiger partial charge in [0, 0.05) is 5.56 Å². The van der Waals surface area contributed by atoms with E-state index >= 15 is 0 Å². The maximum absolute atomic E-state index is 4.51. The van der Waals surface area contributed by atoms with Gasteiger partial charge in [0.2, 0.25) is 0 Å². The van der Waals surface area contributed by atoms with Gasteiger partial charge in [0.05, 0.1) is 22.1 Å². The van der Waals surface area contributed by atoms with Gasteiger partial charge in [-0.15, -0.1) is 0 Å². The molecule has 0 aliphatic rings. The van der Waals surface area contributed by atoms with Crippen LogP contribution in [0.25, 0.3) is 28.1 Å². The molecule has 3 aromatic carbocycles. The molecule has 24 heavy (non-hydrogen) atoms. The molecule has 0 aliphatic carbocycles. The van der Waals surface area contributed by atoms with Crippen molar-refractivity contribution >= 4 is 15.9 Å². The van der Waals surface area contributed by atoms with E-state index in [0.29, 0.717) is 0 Å². The summed E-state index contributed by atoms with van der Waals surface area (Å²) in [5.74, 6) is 0. The van der Waals surface area contributed by atoms with Crippen LogP contribution in [0.15, 0.2) is 95.6 Å². The van der Waals surface area contributed by atoms with Crippen LogP contribution in [0.2, 0.25) is 0 Å². The summed E-state index contributed by atoms with van der Waals surface area (Å²) in [5, 5.41) is 4.51. The Kier molecular flexibility index (Phi) is 4.01. The normalized spacial score (nSPS) is 10.7. The van der Waals surface area contributed by atoms with Gasteiger partial charge in [-0.3, -0.25) is 0 Å². The Balaban J connectivity index is 1.76. The second-order valence-corrected chi connectivity index (χ2v) is 6.39. The summed E-state index contributed by atoms with van der Waals surface area (Å²) < 4.78 is 2.94. The fourth-order valence-electron chi connectivity index (χ4n) is 2.80. The number of para-hydroxylation sites is 1. The van der Waals surface area contributed by atoms with Gasteiger partial charge in [-0.05, 0) is 39.2 Å². The van der Waals surface area contributed by atoms with Crippen molar-refractivity contribution in [1.82, 2.24) is 9.78 Å². The fraction of sp³-hybridized carbons (Fsp3) is 0. The Bertz CT molecular complexity index is 942. The Morgan fingerprint density at radius 1 is 0.625 bits per heavy atom. The third kappa shape index (κ3) is 2.79. The van der Waals surface area contributed by atoms with Gasteiger partial charge in [0.25, 0.3) is 0 Å². The maximum Gasteiger partial charge on any atom is 0.0883 e. The topological polar surface area (TPSA) is 17.8 Å². The number of rotatable bonds is 3. The van der Waals surface area contributed by atoms with Crippen LogP contribution in [0.4, 0.5) is 0 Å². The largest absolute Gasteiger partial charge is 0.232 e. The summed E-state index contributed by atoms with van der Waals surface area (Å²) >= 11 is 3.63. The highest BCUT2D eigenvalue weighted by atomic mass is 79.9. The quantitative estimate of drug-likeness (QED) is 0.431. The lowest BCUT2D eigenvalue weighted by molar-refractivity contribution is 0.888. The molecule has 0 bridgehead atoms. The van der Waals surface area contributed by atoms with Crippen LogP contribution in [0.3, 0.4) is 0 Å². The zero-order chi connectivity index (χ0) is 16.4. The van der Waals surface area contributed by atoms with E-state index in [1.165, 1.54) is 11.1 Å². The zero-order valence-electron chi connectivity index (χ0n) is 12.9. The van der Waals surface area contributed by atoms with Gasteiger partial charge >= 0.3 is 0 Å². The number of aromatic nitrogens is 2. The lowest BCUT2D eigenvalue weighted by atomic mass is 10.0. The summed E-state index contributed by atoms with van der Waals surface area (Å²) in [7, 11) is 0. The van der Waals surface area contributed by atoms with E-state index in [1.807, 2.05) is 35.1 Å². The molecule has 0 aliphatic heterocycles. The van der Waals surface area contributed by atoms with Crippen LogP contribution in [0.5, 0.6) is 0 Å². The molecule has 4 aromatic rings. The predicted molar refractivity (Wildman–Crippen MR) is 102 cm³/mol. The van der Waals surface area contributed by atoms with Crippen molar-refractivity contribution in [1.29, 1.82) is 0 Å². The first-order chi connectivity index (χ1) is 11.8. The first kappa shape index (κ1) is 14.9. The minimum atomic E-state index is 0.985. The molecule has 1 heterocycles. The molecule has 0 N–H and O–H groups in total. The Labute approximate surface area is 149 Å². The lowest BCUT2D eigenvalue weighted by Crippen LogP contribution is -1.98. The van der Waals surface area contributed by atoms with Crippen molar-refractivity contribution in [3.63, 3.8) is 0 Å². The molecule has 0 fully saturated rings. The van der Waals surface area contributed by atoms with Crippen molar-refractivity contribution in [2.75, 3.05) is 0 Å². The van der Waals surface area contributed by atoms with Crippen LogP contribution in [-0.2, 0) is 0 Å². The average Bonchev–Trinajstić information content (AvgIpc) is 3.05. The highest BCUT2D eigenvalue weighted by Gasteiger charge is 2.12. The fourth-order valence-corrected chi connectivity index (χ4v) is 3.29. The number of hydrogen-bond acceptors (Lipinski definition) is 1. The molecular weight excluding hydrogens is 360 g/mol. The molecule has 0 spiro atoms. The van der Waals surface area contributed by atoms with Crippen LogP contribution < -0.4 is 0 Å². The summed E-state index contributed by atoms with van der Waals surface area (Å²) in [6.07, 6.45) is 1.84. The molecular formula is C21H15BrN2. The first-order valence-electron chi connectivity index (χ1n) is 7.78. The van der Waals surface area contributed by atoms with Gasteiger partial charge in [-0.2, -0.15) is 5.10 Å². The summed E-state index contributed by atoms with van der Waals surface area (Å²) in [6.45, 7) is 0. The summed E-state index contributed by atoms with van der Waals surface area (Å²) in [4.78, 5) is 0. The lowest BCUT2D eigenvalue weighted by Gasteiger charge is -2.09. The zero-order valence-corrected chi connectivity index (χ0v) is 14.5. The van der Waals surface area contributed by atoms with E-state index in [2.05, 4.69) is 81.7 Å². The van der Waals surface area contributed by atoms with Crippen LogP contribution in [0, 0.1) is 0 Å². The van der Waals surface area contributed by atoms with Gasteiger partial charge < -0.3 is 0 Å². The van der Waals surface area contributed by atoms with Crippen LogP contribution >= 0.6 is 15.9 Å². The maximum atomic E-state index is 4.51. The minimum Gasteiger partial charge on any atom is -0.232 e. The number of nitrogens with zero attached hydrogens (tertiary/aromatic N) is 2. The van der Waals surface area contributed by atoms with E-state index in [4.69, 9.17) is 0 Å². The molecule has 0 unspecified atom stereocenters. The highest BCUT2D eigenvalue weighted by molar-refractivity contribution is 9.10. The number of benzene rings is 3. The van der Waals surface area contributed by atoms with Crippen LogP contribution in [-0.4, -0.2) is 9.78 Å². The first-order valence-corrected chi connectivity index (χ1v) is 8.57. The van der Waals surface area contributed by atoms with E-state index in [-0.39, 0.29) is 0 Å². The Hall–Kier alpha value is -2.65. The van der Waals surface area contributed by atoms with Gasteiger partial charge in [-0.1, -0.05) is 72.8 Å². The third-order valence-corrected chi connectivity index (χ3v) is 4.57.